The van der Waals surface area contributed by atoms with Crippen molar-refractivity contribution in [1.82, 2.24) is 14.6 Å². The fourth-order valence-electron chi connectivity index (χ4n) is 1.96. The monoisotopic (exact) mass is 247 g/mol. The van der Waals surface area contributed by atoms with Crippen LogP contribution in [-0.2, 0) is 0 Å². The molecule has 3 rings (SSSR count). The van der Waals surface area contributed by atoms with E-state index in [0.717, 1.165) is 27.8 Å². The lowest BCUT2D eigenvalue weighted by Gasteiger charge is -2.05. The van der Waals surface area contributed by atoms with Crippen LogP contribution in [0.2, 0.25) is 0 Å². The van der Waals surface area contributed by atoms with Gasteiger partial charge in [-0.05, 0) is 34.7 Å². The maximum absolute atomic E-state index is 4.05. The Labute approximate surface area is 110 Å². The van der Waals surface area contributed by atoms with Crippen LogP contribution in [0.3, 0.4) is 0 Å². The SMILES string of the molecule is Cc1cc(C2=C=[N+]=CN=C2)cc(-c2cncnc2)c1. The summed E-state index contributed by atoms with van der Waals surface area (Å²) < 4.78 is 3.93. The first-order valence-electron chi connectivity index (χ1n) is 5.88. The molecule has 2 heterocycles. The molecule has 2 aromatic rings. The number of rotatable bonds is 2. The van der Waals surface area contributed by atoms with Crippen molar-refractivity contribution in [3.05, 3.63) is 48.0 Å². The zero-order chi connectivity index (χ0) is 13.1. The highest BCUT2D eigenvalue weighted by Crippen LogP contribution is 2.23. The lowest BCUT2D eigenvalue weighted by atomic mass is 9.99. The van der Waals surface area contributed by atoms with E-state index in [4.69, 9.17) is 0 Å². The Kier molecular flexibility index (Phi) is 2.87. The van der Waals surface area contributed by atoms with E-state index in [-0.39, 0.29) is 0 Å². The molecule has 4 heteroatoms. The van der Waals surface area contributed by atoms with E-state index in [9.17, 15) is 0 Å². The molecule has 0 fully saturated rings. The maximum Gasteiger partial charge on any atom is 0.390 e. The second kappa shape index (κ2) is 4.83. The molecule has 0 saturated carbocycles. The summed E-state index contributed by atoms with van der Waals surface area (Å²) in [5.41, 5.74) is 5.15. The molecule has 19 heavy (non-hydrogen) atoms. The number of hydrogen-bond donors (Lipinski definition) is 0. The Balaban J connectivity index is 2.14. The summed E-state index contributed by atoms with van der Waals surface area (Å²) in [6.07, 6.45) is 8.37. The van der Waals surface area contributed by atoms with Gasteiger partial charge in [0.25, 0.3) is 0 Å². The largest absolute Gasteiger partial charge is 0.390 e. The van der Waals surface area contributed by atoms with Gasteiger partial charge in [0.05, 0.1) is 0 Å². The molecular formula is C15H11N4+. The van der Waals surface area contributed by atoms with Gasteiger partial charge in [0, 0.05) is 18.0 Å². The van der Waals surface area contributed by atoms with Crippen molar-refractivity contribution in [2.45, 2.75) is 6.92 Å². The molecular weight excluding hydrogens is 236 g/mol. The van der Waals surface area contributed by atoms with E-state index in [2.05, 4.69) is 50.6 Å². The summed E-state index contributed by atoms with van der Waals surface area (Å²) in [7, 11) is 0. The molecule has 1 aromatic carbocycles. The summed E-state index contributed by atoms with van der Waals surface area (Å²) in [5, 5.41) is 0. The molecule has 90 valence electrons. The van der Waals surface area contributed by atoms with E-state index in [1.54, 1.807) is 18.6 Å². The number of nitrogens with zero attached hydrogens (tertiary/aromatic N) is 4. The Morgan fingerprint density at radius 2 is 1.79 bits per heavy atom. The highest BCUT2D eigenvalue weighted by atomic mass is 14.8. The minimum atomic E-state index is 0.879. The molecule has 1 aromatic heterocycles. The van der Waals surface area contributed by atoms with Gasteiger partial charge in [-0.1, -0.05) is 12.1 Å². The zero-order valence-corrected chi connectivity index (χ0v) is 10.4. The van der Waals surface area contributed by atoms with Gasteiger partial charge in [-0.25, -0.2) is 9.97 Å². The average Bonchev–Trinajstić information content (AvgIpc) is 2.48. The highest BCUT2D eigenvalue weighted by Gasteiger charge is 2.09. The van der Waals surface area contributed by atoms with Crippen molar-refractivity contribution in [2.24, 2.45) is 4.99 Å². The van der Waals surface area contributed by atoms with Crippen LogP contribution in [0.5, 0.6) is 0 Å². The van der Waals surface area contributed by atoms with Gasteiger partial charge in [0.1, 0.15) is 11.9 Å². The Bertz CT molecular complexity index is 747. The third-order valence-electron chi connectivity index (χ3n) is 2.80. The average molecular weight is 247 g/mol. The Morgan fingerprint density at radius 1 is 1.00 bits per heavy atom. The standard InChI is InChI=1S/C15H11N4/c1-11-2-12(14-5-16-9-17-6-14)4-13(3-11)15-7-18-10-19-8-15/h2-7,9-10H,1H3/q+1. The molecule has 0 amide bonds. The molecule has 1 aliphatic rings. The molecule has 0 aliphatic carbocycles. The molecule has 0 bridgehead atoms. The van der Waals surface area contributed by atoms with Crippen molar-refractivity contribution in [3.63, 3.8) is 0 Å². The van der Waals surface area contributed by atoms with E-state index >= 15 is 0 Å². The van der Waals surface area contributed by atoms with Crippen LogP contribution in [0.1, 0.15) is 11.1 Å². The molecule has 1 aliphatic heterocycles. The van der Waals surface area contributed by atoms with Crippen LogP contribution >= 0.6 is 0 Å². The highest BCUT2D eigenvalue weighted by molar-refractivity contribution is 6.23. The van der Waals surface area contributed by atoms with Gasteiger partial charge in [-0.2, -0.15) is 4.67 Å². The molecule has 0 radical (unpaired) electrons. The second-order valence-corrected chi connectivity index (χ2v) is 4.26. The van der Waals surface area contributed by atoms with Crippen LogP contribution in [0.15, 0.2) is 41.9 Å². The number of aliphatic imine (C=N–C) groups is 1. The van der Waals surface area contributed by atoms with Crippen molar-refractivity contribution in [1.29, 1.82) is 0 Å². The lowest BCUT2D eigenvalue weighted by molar-refractivity contribution is 1.17. The summed E-state index contributed by atoms with van der Waals surface area (Å²) >= 11 is 0. The van der Waals surface area contributed by atoms with E-state index in [1.165, 1.54) is 12.7 Å². The number of benzene rings is 1. The van der Waals surface area contributed by atoms with Gasteiger partial charge in [-0.15, -0.1) is 0 Å². The van der Waals surface area contributed by atoms with Crippen LogP contribution < -0.4 is 4.67 Å². The van der Waals surface area contributed by atoms with Crippen molar-refractivity contribution in [3.8, 4) is 11.1 Å². The molecule has 0 saturated heterocycles. The lowest BCUT2D eigenvalue weighted by Crippen LogP contribution is -1.95. The minimum absolute atomic E-state index is 0.879. The first-order chi connectivity index (χ1) is 9.33. The number of allylic oxidation sites excluding steroid dienone is 1. The van der Waals surface area contributed by atoms with Gasteiger partial charge in [-0.3, -0.25) is 0 Å². The molecule has 0 N–H and O–H groups in total. The molecule has 0 atom stereocenters. The first-order valence-corrected chi connectivity index (χ1v) is 5.88. The summed E-state index contributed by atoms with van der Waals surface area (Å²) in [5.74, 6) is 2.95. The summed E-state index contributed by atoms with van der Waals surface area (Å²) in [4.78, 5) is 12.1. The molecule has 0 unspecified atom stereocenters. The van der Waals surface area contributed by atoms with Crippen LogP contribution in [0, 0.1) is 6.92 Å². The fourth-order valence-corrected chi connectivity index (χ4v) is 1.96. The Morgan fingerprint density at radius 3 is 2.53 bits per heavy atom. The summed E-state index contributed by atoms with van der Waals surface area (Å²) in [6.45, 7) is 2.06. The van der Waals surface area contributed by atoms with Crippen LogP contribution in [-0.4, -0.2) is 28.4 Å². The van der Waals surface area contributed by atoms with Gasteiger partial charge >= 0.3 is 6.34 Å². The first kappa shape index (κ1) is 11.3. The van der Waals surface area contributed by atoms with E-state index < -0.39 is 0 Å². The zero-order valence-electron chi connectivity index (χ0n) is 10.4. The maximum atomic E-state index is 4.05. The molecule has 0 spiro atoms. The van der Waals surface area contributed by atoms with Crippen molar-refractivity contribution >= 4 is 24.0 Å². The van der Waals surface area contributed by atoms with Crippen LogP contribution in [0.4, 0.5) is 0 Å². The van der Waals surface area contributed by atoms with E-state index in [1.807, 2.05) is 0 Å². The van der Waals surface area contributed by atoms with Gasteiger partial charge in [0.2, 0.25) is 0 Å². The third kappa shape index (κ3) is 2.40. The van der Waals surface area contributed by atoms with Gasteiger partial charge in [0.15, 0.2) is 12.1 Å². The van der Waals surface area contributed by atoms with Crippen molar-refractivity contribution < 1.29 is 0 Å². The Hall–Kier alpha value is -2.80. The predicted octanol–water partition coefficient (Wildman–Crippen LogP) is 1.69. The number of aromatic nitrogens is 2. The van der Waals surface area contributed by atoms with E-state index in [0.29, 0.717) is 0 Å². The normalized spacial score (nSPS) is 12.6. The van der Waals surface area contributed by atoms with Crippen molar-refractivity contribution in [2.75, 3.05) is 0 Å². The van der Waals surface area contributed by atoms with Gasteiger partial charge < -0.3 is 0 Å². The second-order valence-electron chi connectivity index (χ2n) is 4.26. The minimum Gasteiger partial charge on any atom is -0.244 e. The molecule has 4 nitrogen and oxygen atoms in total. The predicted molar refractivity (Wildman–Crippen MR) is 77.3 cm³/mol. The summed E-state index contributed by atoms with van der Waals surface area (Å²) in [6, 6.07) is 6.26. The topological polar surface area (TPSA) is 52.2 Å². The third-order valence-corrected chi connectivity index (χ3v) is 2.80. The number of aryl methyl sites for hydroxylation is 1. The smallest absolute Gasteiger partial charge is 0.244 e. The number of hydrogen-bond acceptors (Lipinski definition) is 3. The quantitative estimate of drug-likeness (QED) is 0.758. The van der Waals surface area contributed by atoms with Crippen LogP contribution in [0.25, 0.3) is 16.7 Å². The fraction of sp³-hybridized carbons (Fsp3) is 0.0667.